The Hall–Kier alpha value is -1.06. The number of nitrogens with one attached hydrogen (secondary N) is 1. The molecule has 0 unspecified atom stereocenters. The molecule has 0 aliphatic rings. The van der Waals surface area contributed by atoms with Crippen molar-refractivity contribution < 1.29 is 4.74 Å². The Morgan fingerprint density at radius 1 is 1.47 bits per heavy atom. The van der Waals surface area contributed by atoms with E-state index in [-0.39, 0.29) is 0 Å². The molecule has 0 bridgehead atoms. The first-order valence-electron chi connectivity index (χ1n) is 4.88. The molecule has 1 heterocycles. The maximum Gasteiger partial charge on any atom is 0.131 e. The summed E-state index contributed by atoms with van der Waals surface area (Å²) in [7, 11) is 0. The second kappa shape index (κ2) is 7.26. The topological polar surface area (TPSA) is 34.1 Å². The van der Waals surface area contributed by atoms with Crippen molar-refractivity contribution in [3.05, 3.63) is 36.0 Å². The molecule has 3 nitrogen and oxygen atoms in total. The molecular formula is C11H15ClN2O. The maximum atomic E-state index is 5.73. The molecule has 82 valence electrons. The lowest BCUT2D eigenvalue weighted by Crippen LogP contribution is -2.10. The Bertz CT molecular complexity index is 304. The Morgan fingerprint density at radius 2 is 2.33 bits per heavy atom. The van der Waals surface area contributed by atoms with Crippen molar-refractivity contribution in [3.63, 3.8) is 0 Å². The zero-order valence-corrected chi connectivity index (χ0v) is 9.33. The van der Waals surface area contributed by atoms with Crippen molar-refractivity contribution in [2.75, 3.05) is 25.1 Å². The number of rotatable bonds is 7. The number of anilines is 1. The Morgan fingerprint density at radius 3 is 3.07 bits per heavy atom. The highest BCUT2D eigenvalue weighted by Gasteiger charge is 1.93. The fourth-order valence-corrected chi connectivity index (χ4v) is 1.19. The first-order valence-corrected chi connectivity index (χ1v) is 5.26. The predicted octanol–water partition coefficient (Wildman–Crippen LogP) is 2.74. The Kier molecular flexibility index (Phi) is 5.81. The minimum Gasteiger partial charge on any atom is -0.379 e. The minimum absolute atomic E-state index is 0.493. The molecule has 4 heteroatoms. The van der Waals surface area contributed by atoms with E-state index in [0.717, 1.165) is 18.8 Å². The number of ether oxygens (including phenoxy) is 1. The molecule has 0 aliphatic carbocycles. The van der Waals surface area contributed by atoms with Crippen LogP contribution in [0, 0.1) is 0 Å². The van der Waals surface area contributed by atoms with Gasteiger partial charge in [0.1, 0.15) is 11.0 Å². The van der Waals surface area contributed by atoms with E-state index in [2.05, 4.69) is 16.9 Å². The van der Waals surface area contributed by atoms with Gasteiger partial charge >= 0.3 is 0 Å². The zero-order chi connectivity index (χ0) is 10.9. The van der Waals surface area contributed by atoms with Crippen LogP contribution in [0.15, 0.2) is 30.9 Å². The summed E-state index contributed by atoms with van der Waals surface area (Å²) in [5.41, 5.74) is 0. The second-order valence-electron chi connectivity index (χ2n) is 2.96. The molecule has 0 amide bonds. The summed E-state index contributed by atoms with van der Waals surface area (Å²) < 4.78 is 5.33. The molecular weight excluding hydrogens is 212 g/mol. The lowest BCUT2D eigenvalue weighted by Gasteiger charge is -2.05. The first kappa shape index (κ1) is 12.0. The average molecular weight is 227 g/mol. The van der Waals surface area contributed by atoms with Crippen molar-refractivity contribution >= 4 is 17.4 Å². The highest BCUT2D eigenvalue weighted by Crippen LogP contribution is 2.08. The van der Waals surface area contributed by atoms with Gasteiger partial charge in [-0.05, 0) is 18.6 Å². The molecule has 1 aromatic heterocycles. The smallest absolute Gasteiger partial charge is 0.131 e. The van der Waals surface area contributed by atoms with Crippen LogP contribution in [0.4, 0.5) is 5.82 Å². The van der Waals surface area contributed by atoms with Crippen LogP contribution in [0.25, 0.3) is 0 Å². The van der Waals surface area contributed by atoms with E-state index in [4.69, 9.17) is 16.3 Å². The predicted molar refractivity (Wildman–Crippen MR) is 63.4 cm³/mol. The van der Waals surface area contributed by atoms with Crippen LogP contribution >= 0.6 is 11.6 Å². The van der Waals surface area contributed by atoms with Crippen LogP contribution in [-0.4, -0.2) is 24.7 Å². The van der Waals surface area contributed by atoms with Gasteiger partial charge in [-0.15, -0.1) is 6.58 Å². The largest absolute Gasteiger partial charge is 0.379 e. The van der Waals surface area contributed by atoms with Gasteiger partial charge in [0.2, 0.25) is 0 Å². The molecule has 0 aromatic carbocycles. The third kappa shape index (κ3) is 5.40. The first-order chi connectivity index (χ1) is 7.33. The summed E-state index contributed by atoms with van der Waals surface area (Å²) in [4.78, 5) is 4.09. The normalized spacial score (nSPS) is 9.93. The fraction of sp³-hybridized carbons (Fsp3) is 0.364. The summed E-state index contributed by atoms with van der Waals surface area (Å²) in [6.45, 7) is 5.71. The third-order valence-corrected chi connectivity index (χ3v) is 1.94. The Balaban J connectivity index is 2.12. The van der Waals surface area contributed by atoms with E-state index in [0.29, 0.717) is 18.4 Å². The molecule has 15 heavy (non-hydrogen) atoms. The van der Waals surface area contributed by atoms with Crippen LogP contribution in [0.5, 0.6) is 0 Å². The number of hydrogen-bond donors (Lipinski definition) is 1. The standard InChI is InChI=1S/C11H15ClN2O/c1-2-3-8-15-9-7-13-11-6-4-5-10(12)14-11/h2,4-6H,1,3,7-9H2,(H,13,14). The van der Waals surface area contributed by atoms with Gasteiger partial charge in [0.15, 0.2) is 0 Å². The number of hydrogen-bond acceptors (Lipinski definition) is 3. The van der Waals surface area contributed by atoms with Crippen LogP contribution in [0.2, 0.25) is 5.15 Å². The number of nitrogens with zero attached hydrogens (tertiary/aromatic N) is 1. The molecule has 1 aromatic rings. The summed E-state index contributed by atoms with van der Waals surface area (Å²) in [6.07, 6.45) is 2.72. The SMILES string of the molecule is C=CCCOCCNc1cccc(Cl)n1. The molecule has 0 saturated carbocycles. The molecule has 0 fully saturated rings. The van der Waals surface area contributed by atoms with Gasteiger partial charge < -0.3 is 10.1 Å². The average Bonchev–Trinajstić information content (AvgIpc) is 2.23. The van der Waals surface area contributed by atoms with Crippen molar-refractivity contribution in [1.29, 1.82) is 0 Å². The number of aromatic nitrogens is 1. The van der Waals surface area contributed by atoms with Gasteiger partial charge in [0.05, 0.1) is 13.2 Å². The summed E-state index contributed by atoms with van der Waals surface area (Å²) in [6, 6.07) is 5.47. The molecule has 0 atom stereocenters. The lowest BCUT2D eigenvalue weighted by molar-refractivity contribution is 0.149. The van der Waals surface area contributed by atoms with E-state index in [1.807, 2.05) is 18.2 Å². The van der Waals surface area contributed by atoms with Gasteiger partial charge in [-0.1, -0.05) is 23.7 Å². The molecule has 0 aliphatic heterocycles. The molecule has 1 N–H and O–H groups in total. The lowest BCUT2D eigenvalue weighted by atomic mass is 10.4. The second-order valence-corrected chi connectivity index (χ2v) is 3.35. The van der Waals surface area contributed by atoms with E-state index in [1.54, 1.807) is 6.07 Å². The molecule has 0 radical (unpaired) electrons. The molecule has 1 rings (SSSR count). The van der Waals surface area contributed by atoms with E-state index < -0.39 is 0 Å². The summed E-state index contributed by atoms with van der Waals surface area (Å²) in [5, 5.41) is 3.61. The monoisotopic (exact) mass is 226 g/mol. The van der Waals surface area contributed by atoms with Crippen molar-refractivity contribution in [2.24, 2.45) is 0 Å². The van der Waals surface area contributed by atoms with Crippen molar-refractivity contribution in [1.82, 2.24) is 4.98 Å². The third-order valence-electron chi connectivity index (χ3n) is 1.73. The van der Waals surface area contributed by atoms with Gasteiger partial charge in [-0.2, -0.15) is 0 Å². The van der Waals surface area contributed by atoms with E-state index in [1.165, 1.54) is 0 Å². The van der Waals surface area contributed by atoms with E-state index in [9.17, 15) is 0 Å². The van der Waals surface area contributed by atoms with Crippen LogP contribution in [0.1, 0.15) is 6.42 Å². The number of halogens is 1. The quantitative estimate of drug-likeness (QED) is 0.441. The van der Waals surface area contributed by atoms with Gasteiger partial charge in [0, 0.05) is 6.54 Å². The Labute approximate surface area is 95.1 Å². The van der Waals surface area contributed by atoms with Crippen molar-refractivity contribution in [3.8, 4) is 0 Å². The van der Waals surface area contributed by atoms with Crippen molar-refractivity contribution in [2.45, 2.75) is 6.42 Å². The molecule has 0 spiro atoms. The minimum atomic E-state index is 0.493. The fourth-order valence-electron chi connectivity index (χ4n) is 1.03. The molecule has 0 saturated heterocycles. The number of pyridine rings is 1. The van der Waals surface area contributed by atoms with Gasteiger partial charge in [0.25, 0.3) is 0 Å². The zero-order valence-electron chi connectivity index (χ0n) is 8.58. The van der Waals surface area contributed by atoms with Crippen LogP contribution < -0.4 is 5.32 Å². The highest BCUT2D eigenvalue weighted by molar-refractivity contribution is 6.29. The van der Waals surface area contributed by atoms with Crippen LogP contribution in [-0.2, 0) is 4.74 Å². The van der Waals surface area contributed by atoms with Crippen LogP contribution in [0.3, 0.4) is 0 Å². The highest BCUT2D eigenvalue weighted by atomic mass is 35.5. The van der Waals surface area contributed by atoms with Gasteiger partial charge in [-0.3, -0.25) is 0 Å². The summed E-state index contributed by atoms with van der Waals surface area (Å²) >= 11 is 5.73. The van der Waals surface area contributed by atoms with Gasteiger partial charge in [-0.25, -0.2) is 4.98 Å². The maximum absolute atomic E-state index is 5.73. The van der Waals surface area contributed by atoms with E-state index >= 15 is 0 Å². The summed E-state index contributed by atoms with van der Waals surface area (Å²) in [5.74, 6) is 0.773.